The van der Waals surface area contributed by atoms with Crippen LogP contribution in [0.15, 0.2) is 41.5 Å². The lowest BCUT2D eigenvalue weighted by Gasteiger charge is -2.13. The van der Waals surface area contributed by atoms with Crippen molar-refractivity contribution in [1.29, 1.82) is 0 Å². The van der Waals surface area contributed by atoms with Gasteiger partial charge in [0.2, 0.25) is 11.8 Å². The van der Waals surface area contributed by atoms with E-state index in [1.807, 2.05) is 50.2 Å². The van der Waals surface area contributed by atoms with E-state index in [2.05, 4.69) is 22.8 Å². The van der Waals surface area contributed by atoms with E-state index in [4.69, 9.17) is 9.47 Å². The van der Waals surface area contributed by atoms with E-state index in [-0.39, 0.29) is 6.42 Å². The molecule has 7 nitrogen and oxygen atoms in total. The van der Waals surface area contributed by atoms with Gasteiger partial charge in [-0.2, -0.15) is 5.10 Å². The maximum Gasteiger partial charge on any atom is 0.249 e. The molecule has 2 rings (SSSR count). The van der Waals surface area contributed by atoms with Gasteiger partial charge < -0.3 is 14.8 Å². The third-order valence-corrected chi connectivity index (χ3v) is 4.59. The second kappa shape index (κ2) is 12.4. The van der Waals surface area contributed by atoms with Crippen molar-refractivity contribution in [2.75, 3.05) is 19.0 Å². The predicted molar refractivity (Wildman–Crippen MR) is 123 cm³/mol. The average Bonchev–Trinajstić information content (AvgIpc) is 2.73. The largest absolute Gasteiger partial charge is 0.493 e. The fourth-order valence-electron chi connectivity index (χ4n) is 2.98. The van der Waals surface area contributed by atoms with Gasteiger partial charge in [0, 0.05) is 11.3 Å². The fraction of sp³-hybridized carbons (Fsp3) is 0.375. The number of hydrazone groups is 1. The van der Waals surface area contributed by atoms with E-state index < -0.39 is 11.8 Å². The highest BCUT2D eigenvalue weighted by atomic mass is 16.5. The van der Waals surface area contributed by atoms with Crippen molar-refractivity contribution in [2.24, 2.45) is 5.10 Å². The molecule has 166 valence electrons. The first-order valence-electron chi connectivity index (χ1n) is 10.4. The fourth-order valence-corrected chi connectivity index (χ4v) is 2.98. The zero-order valence-corrected chi connectivity index (χ0v) is 18.7. The molecule has 0 fully saturated rings. The van der Waals surface area contributed by atoms with Crippen LogP contribution in [0.5, 0.6) is 11.5 Å². The van der Waals surface area contributed by atoms with Crippen LogP contribution in [0.25, 0.3) is 0 Å². The van der Waals surface area contributed by atoms with Gasteiger partial charge >= 0.3 is 0 Å². The molecule has 0 bridgehead atoms. The summed E-state index contributed by atoms with van der Waals surface area (Å²) in [5.74, 6) is 0.263. The molecule has 0 radical (unpaired) electrons. The number of methoxy groups -OCH3 is 1. The molecule has 0 saturated heterocycles. The number of carbonyl (C=O) groups is 2. The van der Waals surface area contributed by atoms with Crippen molar-refractivity contribution in [3.8, 4) is 11.5 Å². The number of aryl methyl sites for hydroxylation is 2. The van der Waals surface area contributed by atoms with Gasteiger partial charge in [-0.05, 0) is 44.0 Å². The van der Waals surface area contributed by atoms with E-state index in [9.17, 15) is 9.59 Å². The quantitative estimate of drug-likeness (QED) is 0.242. The minimum atomic E-state index is -0.508. The Balaban J connectivity index is 1.93. The van der Waals surface area contributed by atoms with Gasteiger partial charge in [0.15, 0.2) is 11.5 Å². The first kappa shape index (κ1) is 23.9. The molecule has 2 aromatic carbocycles. The maximum absolute atomic E-state index is 12.1. The van der Waals surface area contributed by atoms with Crippen LogP contribution in [0.4, 0.5) is 5.69 Å². The Kier molecular flexibility index (Phi) is 9.55. The van der Waals surface area contributed by atoms with Crippen molar-refractivity contribution < 1.29 is 19.1 Å². The van der Waals surface area contributed by atoms with Crippen molar-refractivity contribution in [3.05, 3.63) is 53.1 Å². The minimum absolute atomic E-state index is 0.330. The average molecular weight is 426 g/mol. The van der Waals surface area contributed by atoms with Crippen LogP contribution in [-0.2, 0) is 9.59 Å². The van der Waals surface area contributed by atoms with Crippen LogP contribution in [0.3, 0.4) is 0 Å². The molecule has 0 spiro atoms. The Hall–Kier alpha value is -3.35. The third kappa shape index (κ3) is 7.77. The number of unbranched alkanes of at least 4 members (excludes halogenated alkanes) is 2. The number of para-hydroxylation sites is 1. The molecule has 0 aliphatic carbocycles. The summed E-state index contributed by atoms with van der Waals surface area (Å²) in [4.78, 5) is 24.2. The molecule has 0 heterocycles. The highest BCUT2D eigenvalue weighted by Crippen LogP contribution is 2.30. The van der Waals surface area contributed by atoms with Gasteiger partial charge in [0.25, 0.3) is 0 Å². The zero-order valence-electron chi connectivity index (χ0n) is 18.7. The van der Waals surface area contributed by atoms with Crippen LogP contribution in [-0.4, -0.2) is 31.7 Å². The Morgan fingerprint density at radius 3 is 2.61 bits per heavy atom. The molecule has 7 heteroatoms. The molecule has 0 aliphatic heterocycles. The highest BCUT2D eigenvalue weighted by Gasteiger charge is 2.12. The second-order valence-corrected chi connectivity index (χ2v) is 7.27. The second-order valence-electron chi connectivity index (χ2n) is 7.27. The van der Waals surface area contributed by atoms with Crippen LogP contribution in [0.1, 0.15) is 49.3 Å². The van der Waals surface area contributed by atoms with Crippen LogP contribution < -0.4 is 20.2 Å². The van der Waals surface area contributed by atoms with Gasteiger partial charge in [-0.25, -0.2) is 5.43 Å². The smallest absolute Gasteiger partial charge is 0.249 e. The Labute approximate surface area is 183 Å². The first-order valence-corrected chi connectivity index (χ1v) is 10.4. The number of benzene rings is 2. The zero-order chi connectivity index (χ0) is 22.6. The van der Waals surface area contributed by atoms with Crippen molar-refractivity contribution >= 4 is 23.7 Å². The minimum Gasteiger partial charge on any atom is -0.493 e. The standard InChI is InChI=1S/C24H31N3O4/c1-5-6-7-13-31-24-19(9-8-10-21(24)30-4)16-25-27-23(29)15-22(28)26-20-12-11-17(2)14-18(20)3/h8-12,14,16H,5-7,13,15H2,1-4H3,(H,26,28)(H,27,29). The summed E-state index contributed by atoms with van der Waals surface area (Å²) >= 11 is 0. The lowest BCUT2D eigenvalue weighted by molar-refractivity contribution is -0.126. The van der Waals surface area contributed by atoms with Gasteiger partial charge in [0.1, 0.15) is 6.42 Å². The van der Waals surface area contributed by atoms with Gasteiger partial charge in [-0.1, -0.05) is 43.5 Å². The van der Waals surface area contributed by atoms with Crippen LogP contribution in [0.2, 0.25) is 0 Å². The van der Waals surface area contributed by atoms with Crippen molar-refractivity contribution in [2.45, 2.75) is 46.5 Å². The van der Waals surface area contributed by atoms with E-state index >= 15 is 0 Å². The summed E-state index contributed by atoms with van der Waals surface area (Å²) < 4.78 is 11.2. The molecule has 0 aromatic heterocycles. The molecule has 2 amide bonds. The van der Waals surface area contributed by atoms with Gasteiger partial charge in [-0.3, -0.25) is 9.59 Å². The number of hydrogen-bond donors (Lipinski definition) is 2. The van der Waals surface area contributed by atoms with Gasteiger partial charge in [-0.15, -0.1) is 0 Å². The molecule has 2 aromatic rings. The Morgan fingerprint density at radius 2 is 1.90 bits per heavy atom. The molecule has 2 N–H and O–H groups in total. The van der Waals surface area contributed by atoms with Crippen molar-refractivity contribution in [3.63, 3.8) is 0 Å². The lowest BCUT2D eigenvalue weighted by atomic mass is 10.1. The van der Waals surface area contributed by atoms with Crippen LogP contribution in [0, 0.1) is 13.8 Å². The first-order chi connectivity index (χ1) is 14.9. The molecular formula is C24H31N3O4. The number of nitrogens with one attached hydrogen (secondary N) is 2. The number of nitrogens with zero attached hydrogens (tertiary/aromatic N) is 1. The summed E-state index contributed by atoms with van der Waals surface area (Å²) in [7, 11) is 1.57. The van der Waals surface area contributed by atoms with E-state index in [1.54, 1.807) is 7.11 Å². The molecule has 31 heavy (non-hydrogen) atoms. The monoisotopic (exact) mass is 425 g/mol. The van der Waals surface area contributed by atoms with Crippen molar-refractivity contribution in [1.82, 2.24) is 5.43 Å². The summed E-state index contributed by atoms with van der Waals surface area (Å²) in [6.45, 7) is 6.59. The van der Waals surface area contributed by atoms with Gasteiger partial charge in [0.05, 0.1) is 19.9 Å². The molecule has 0 atom stereocenters. The third-order valence-electron chi connectivity index (χ3n) is 4.59. The maximum atomic E-state index is 12.1. The number of rotatable bonds is 11. The van der Waals surface area contributed by atoms with E-state index in [0.717, 1.165) is 30.4 Å². The number of amides is 2. The number of anilines is 1. The van der Waals surface area contributed by atoms with E-state index in [1.165, 1.54) is 6.21 Å². The molecule has 0 saturated carbocycles. The predicted octanol–water partition coefficient (Wildman–Crippen LogP) is 4.36. The molecule has 0 aliphatic rings. The topological polar surface area (TPSA) is 89.0 Å². The summed E-state index contributed by atoms with van der Waals surface area (Å²) in [6.07, 6.45) is 4.28. The molecule has 0 unspecified atom stereocenters. The Bertz CT molecular complexity index is 925. The SMILES string of the molecule is CCCCCOc1c(C=NNC(=O)CC(=O)Nc2ccc(C)cc2C)cccc1OC. The molecular weight excluding hydrogens is 394 g/mol. The Morgan fingerprint density at radius 1 is 1.10 bits per heavy atom. The number of ether oxygens (including phenoxy) is 2. The summed E-state index contributed by atoms with van der Waals surface area (Å²) in [6, 6.07) is 11.1. The van der Waals surface area contributed by atoms with E-state index in [0.29, 0.717) is 29.4 Å². The summed E-state index contributed by atoms with van der Waals surface area (Å²) in [5, 5.41) is 6.72. The summed E-state index contributed by atoms with van der Waals surface area (Å²) in [5.41, 5.74) is 5.80. The highest BCUT2D eigenvalue weighted by molar-refractivity contribution is 6.04. The number of hydrogen-bond acceptors (Lipinski definition) is 5. The number of carbonyl (C=O) groups excluding carboxylic acids is 2. The normalized spacial score (nSPS) is 10.7. The van der Waals surface area contributed by atoms with Crippen LogP contribution >= 0.6 is 0 Å². The lowest BCUT2D eigenvalue weighted by Crippen LogP contribution is -2.24.